The van der Waals surface area contributed by atoms with Crippen LogP contribution in [0.25, 0.3) is 0 Å². The van der Waals surface area contributed by atoms with Crippen LogP contribution in [0.5, 0.6) is 0 Å². The third-order valence-electron chi connectivity index (χ3n) is 6.97. The van der Waals surface area contributed by atoms with E-state index in [1.807, 2.05) is 6.92 Å². The minimum Gasteiger partial charge on any atom is -0.446 e. The number of rotatable bonds is 5. The fraction of sp³-hybridized carbons (Fsp3) is 0.739. The zero-order chi connectivity index (χ0) is 22.8. The normalized spacial score (nSPS) is 31.5. The molecule has 1 aromatic rings. The zero-order valence-corrected chi connectivity index (χ0v) is 18.8. The molecule has 31 heavy (non-hydrogen) atoms. The van der Waals surface area contributed by atoms with Crippen LogP contribution in [0.15, 0.2) is 18.3 Å². The van der Waals surface area contributed by atoms with Crippen LogP contribution in [0.2, 0.25) is 0 Å². The standard InChI is InChI=1S/C23H34F3N3O2/c1-14(2)17-9-7-15(3)12-18(17)31-21(30)28-19-6-5-11-22(19,4)29-20-10-8-16(13-27-20)23(24,25)26/h8,10,13-15,17-19H,5-7,9,11-12H2,1-4H3,(H,27,29)(H,28,30)/t15-,17+,18?,19?,22?/m1/s1. The van der Waals surface area contributed by atoms with Crippen LogP contribution in [0.4, 0.5) is 23.8 Å². The highest BCUT2D eigenvalue weighted by Crippen LogP contribution is 2.37. The Balaban J connectivity index is 1.62. The van der Waals surface area contributed by atoms with Gasteiger partial charge >= 0.3 is 12.3 Å². The van der Waals surface area contributed by atoms with Gasteiger partial charge in [0.2, 0.25) is 0 Å². The van der Waals surface area contributed by atoms with E-state index in [9.17, 15) is 18.0 Å². The summed E-state index contributed by atoms with van der Waals surface area (Å²) in [5.74, 6) is 1.72. The molecule has 2 aliphatic carbocycles. The number of nitrogens with one attached hydrogen (secondary N) is 2. The molecule has 0 aliphatic heterocycles. The molecule has 0 saturated heterocycles. The molecule has 2 saturated carbocycles. The molecule has 5 nitrogen and oxygen atoms in total. The average molecular weight is 442 g/mol. The molecule has 1 amide bonds. The summed E-state index contributed by atoms with van der Waals surface area (Å²) < 4.78 is 44.2. The van der Waals surface area contributed by atoms with Gasteiger partial charge in [0.1, 0.15) is 11.9 Å². The number of anilines is 1. The Morgan fingerprint density at radius 3 is 2.61 bits per heavy atom. The molecular weight excluding hydrogens is 407 g/mol. The van der Waals surface area contributed by atoms with Gasteiger partial charge < -0.3 is 15.4 Å². The second-order valence-electron chi connectivity index (χ2n) is 9.83. The predicted octanol–water partition coefficient (Wildman–Crippen LogP) is 6.01. The number of aromatic nitrogens is 1. The summed E-state index contributed by atoms with van der Waals surface area (Å²) in [6.45, 7) is 8.50. The second-order valence-corrected chi connectivity index (χ2v) is 9.83. The maximum atomic E-state index is 12.8. The molecule has 2 N–H and O–H groups in total. The van der Waals surface area contributed by atoms with Crippen molar-refractivity contribution < 1.29 is 22.7 Å². The van der Waals surface area contributed by atoms with E-state index in [-0.39, 0.29) is 12.1 Å². The molecule has 1 aromatic heterocycles. The third kappa shape index (κ3) is 5.83. The lowest BCUT2D eigenvalue weighted by Crippen LogP contribution is -2.53. The summed E-state index contributed by atoms with van der Waals surface area (Å²) in [6.07, 6.45) is 1.47. The van der Waals surface area contributed by atoms with E-state index >= 15 is 0 Å². The fourth-order valence-electron chi connectivity index (χ4n) is 5.04. The summed E-state index contributed by atoms with van der Waals surface area (Å²) in [6, 6.07) is 2.15. The first kappa shape index (κ1) is 23.7. The smallest absolute Gasteiger partial charge is 0.417 e. The largest absolute Gasteiger partial charge is 0.446 e. The first-order valence-electron chi connectivity index (χ1n) is 11.3. The third-order valence-corrected chi connectivity index (χ3v) is 6.97. The summed E-state index contributed by atoms with van der Waals surface area (Å²) in [4.78, 5) is 16.7. The van der Waals surface area contributed by atoms with Crippen molar-refractivity contribution in [3.05, 3.63) is 23.9 Å². The van der Waals surface area contributed by atoms with Crippen molar-refractivity contribution in [2.45, 2.75) is 90.1 Å². The van der Waals surface area contributed by atoms with E-state index in [0.29, 0.717) is 23.6 Å². The lowest BCUT2D eigenvalue weighted by molar-refractivity contribution is -0.137. The van der Waals surface area contributed by atoms with Gasteiger partial charge in [0.05, 0.1) is 17.1 Å². The van der Waals surface area contributed by atoms with Gasteiger partial charge in [-0.25, -0.2) is 9.78 Å². The van der Waals surface area contributed by atoms with Crippen molar-refractivity contribution >= 4 is 11.9 Å². The zero-order valence-electron chi connectivity index (χ0n) is 18.8. The Kier molecular flexibility index (Phi) is 7.06. The number of carbonyl (C=O) groups is 1. The number of alkyl carbamates (subject to hydrolysis) is 1. The Morgan fingerprint density at radius 2 is 2.00 bits per heavy atom. The van der Waals surface area contributed by atoms with E-state index in [4.69, 9.17) is 4.74 Å². The van der Waals surface area contributed by atoms with Gasteiger partial charge in [-0.1, -0.05) is 27.2 Å². The fourth-order valence-corrected chi connectivity index (χ4v) is 5.04. The molecule has 0 radical (unpaired) electrons. The molecular formula is C23H34F3N3O2. The molecule has 8 heteroatoms. The number of pyridine rings is 1. The van der Waals surface area contributed by atoms with Gasteiger partial charge in [-0.05, 0) is 68.9 Å². The maximum Gasteiger partial charge on any atom is 0.417 e. The first-order valence-corrected chi connectivity index (χ1v) is 11.3. The number of amides is 1. The molecule has 0 bridgehead atoms. The molecule has 1 heterocycles. The number of ether oxygens (including phenoxy) is 1. The Labute approximate surface area is 182 Å². The SMILES string of the molecule is CC(C)[C@@H]1CC[C@@H](C)CC1OC(=O)NC1CCCC1(C)Nc1ccc(C(F)(F)F)cn1. The van der Waals surface area contributed by atoms with Crippen LogP contribution in [0.3, 0.4) is 0 Å². The van der Waals surface area contributed by atoms with Gasteiger partial charge in [-0.15, -0.1) is 0 Å². The summed E-state index contributed by atoms with van der Waals surface area (Å²) in [7, 11) is 0. The minimum absolute atomic E-state index is 0.0825. The van der Waals surface area contributed by atoms with Crippen molar-refractivity contribution in [1.82, 2.24) is 10.3 Å². The minimum atomic E-state index is -4.42. The highest BCUT2D eigenvalue weighted by molar-refractivity contribution is 5.68. The molecule has 5 atom stereocenters. The maximum absolute atomic E-state index is 12.8. The van der Waals surface area contributed by atoms with Crippen LogP contribution in [0.1, 0.15) is 71.8 Å². The Morgan fingerprint density at radius 1 is 1.26 bits per heavy atom. The second kappa shape index (κ2) is 9.25. The summed E-state index contributed by atoms with van der Waals surface area (Å²) >= 11 is 0. The molecule has 174 valence electrons. The first-order chi connectivity index (χ1) is 14.5. The molecule has 2 aliphatic rings. The molecule has 0 spiro atoms. The number of hydrogen-bond donors (Lipinski definition) is 2. The van der Waals surface area contributed by atoms with Crippen molar-refractivity contribution in [1.29, 1.82) is 0 Å². The predicted molar refractivity (Wildman–Crippen MR) is 114 cm³/mol. The summed E-state index contributed by atoms with van der Waals surface area (Å²) in [5.41, 5.74) is -1.29. The van der Waals surface area contributed by atoms with Crippen LogP contribution >= 0.6 is 0 Å². The van der Waals surface area contributed by atoms with Gasteiger partial charge in [-0.3, -0.25) is 0 Å². The topological polar surface area (TPSA) is 63.2 Å². The highest BCUT2D eigenvalue weighted by Gasteiger charge is 2.41. The number of halogens is 3. The molecule has 3 unspecified atom stereocenters. The Hall–Kier alpha value is -1.99. The highest BCUT2D eigenvalue weighted by atomic mass is 19.4. The van der Waals surface area contributed by atoms with E-state index in [0.717, 1.165) is 50.8 Å². The lowest BCUT2D eigenvalue weighted by Gasteiger charge is -2.38. The lowest BCUT2D eigenvalue weighted by atomic mass is 9.75. The van der Waals surface area contributed by atoms with Crippen molar-refractivity contribution in [3.63, 3.8) is 0 Å². The van der Waals surface area contributed by atoms with Crippen LogP contribution in [0, 0.1) is 17.8 Å². The number of carbonyl (C=O) groups excluding carboxylic acids is 1. The number of hydrogen-bond acceptors (Lipinski definition) is 4. The van der Waals surface area contributed by atoms with Gasteiger partial charge in [0.25, 0.3) is 0 Å². The number of nitrogens with zero attached hydrogens (tertiary/aromatic N) is 1. The van der Waals surface area contributed by atoms with Crippen molar-refractivity contribution in [2.24, 2.45) is 17.8 Å². The molecule has 0 aromatic carbocycles. The monoisotopic (exact) mass is 441 g/mol. The van der Waals surface area contributed by atoms with Crippen LogP contribution in [-0.2, 0) is 10.9 Å². The number of alkyl halides is 3. The molecule has 2 fully saturated rings. The summed E-state index contributed by atoms with van der Waals surface area (Å²) in [5, 5.41) is 6.26. The average Bonchev–Trinajstić information content (AvgIpc) is 3.01. The van der Waals surface area contributed by atoms with Crippen LogP contribution < -0.4 is 10.6 Å². The van der Waals surface area contributed by atoms with Crippen LogP contribution in [-0.4, -0.2) is 28.8 Å². The van der Waals surface area contributed by atoms with E-state index in [1.165, 1.54) is 6.07 Å². The van der Waals surface area contributed by atoms with E-state index < -0.39 is 23.4 Å². The van der Waals surface area contributed by atoms with Gasteiger partial charge in [-0.2, -0.15) is 13.2 Å². The van der Waals surface area contributed by atoms with Crippen molar-refractivity contribution in [3.8, 4) is 0 Å². The van der Waals surface area contributed by atoms with Gasteiger partial charge in [0, 0.05) is 6.20 Å². The molecule has 3 rings (SSSR count). The van der Waals surface area contributed by atoms with E-state index in [1.54, 1.807) is 0 Å². The van der Waals surface area contributed by atoms with Crippen molar-refractivity contribution in [2.75, 3.05) is 5.32 Å². The Bertz CT molecular complexity index is 753. The van der Waals surface area contributed by atoms with Gasteiger partial charge in [0.15, 0.2) is 0 Å². The van der Waals surface area contributed by atoms with E-state index in [2.05, 4.69) is 36.4 Å². The quantitative estimate of drug-likeness (QED) is 0.587.